The Morgan fingerprint density at radius 2 is 1.55 bits per heavy atom. The van der Waals surface area contributed by atoms with Crippen molar-refractivity contribution in [2.75, 3.05) is 65.1 Å². The van der Waals surface area contributed by atoms with Crippen LogP contribution in [-0.4, -0.2) is 151 Å². The van der Waals surface area contributed by atoms with E-state index in [1.807, 2.05) is 6.92 Å². The van der Waals surface area contributed by atoms with Gasteiger partial charge in [0.2, 0.25) is 29.8 Å². The van der Waals surface area contributed by atoms with E-state index >= 15 is 0 Å². The summed E-state index contributed by atoms with van der Waals surface area (Å²) in [4.78, 5) is 106. The Labute approximate surface area is 457 Å². The van der Waals surface area contributed by atoms with E-state index in [1.54, 1.807) is 48.3 Å². The van der Waals surface area contributed by atoms with Gasteiger partial charge in [0.25, 0.3) is 17.1 Å². The number of halogens is 3. The van der Waals surface area contributed by atoms with Crippen LogP contribution in [0.4, 0.5) is 18.0 Å². The summed E-state index contributed by atoms with van der Waals surface area (Å²) in [5, 5.41) is 9.16. The minimum absolute atomic E-state index is 0.00805. The molecule has 1 aromatic heterocycles. The van der Waals surface area contributed by atoms with Crippen LogP contribution in [0.3, 0.4) is 0 Å². The molecule has 3 aliphatic heterocycles. The van der Waals surface area contributed by atoms with Crippen molar-refractivity contribution in [1.82, 2.24) is 42.0 Å². The van der Waals surface area contributed by atoms with Crippen LogP contribution < -0.4 is 48.0 Å². The third-order valence-corrected chi connectivity index (χ3v) is 15.6. The van der Waals surface area contributed by atoms with Crippen molar-refractivity contribution < 1.29 is 65.7 Å². The summed E-state index contributed by atoms with van der Waals surface area (Å²) in [6.07, 6.45) is 1.97. The number of pyridine rings is 1. The summed E-state index contributed by atoms with van der Waals surface area (Å²) in [5.41, 5.74) is 9.60. The lowest BCUT2D eigenvalue weighted by Gasteiger charge is -2.21. The molecule has 3 saturated heterocycles. The number of ether oxygens (including phenoxy) is 4. The van der Waals surface area contributed by atoms with Gasteiger partial charge >= 0.3 is 6.18 Å². The highest BCUT2D eigenvalue weighted by Gasteiger charge is 2.65. The zero-order valence-electron chi connectivity index (χ0n) is 43.3. The molecule has 1 unspecified atom stereocenters. The highest BCUT2D eigenvalue weighted by Crippen LogP contribution is 2.42. The molecule has 0 spiro atoms. The molecular weight excluding hydrogens is 1060 g/mol. The number of rotatable bonds is 34. The number of carbonyl (C=O) groups excluding carboxylic acids is 7. The van der Waals surface area contributed by atoms with Crippen LogP contribution in [0.25, 0.3) is 0 Å². The van der Waals surface area contributed by atoms with Gasteiger partial charge in [-0.15, -0.1) is 0 Å². The van der Waals surface area contributed by atoms with E-state index in [9.17, 15) is 51.5 Å². The summed E-state index contributed by atoms with van der Waals surface area (Å²) in [6, 6.07) is 11.1. The summed E-state index contributed by atoms with van der Waals surface area (Å²) >= 11 is 2.40. The molecule has 426 valence electrons. The third kappa shape index (κ3) is 18.1. The van der Waals surface area contributed by atoms with Crippen LogP contribution >= 0.6 is 23.5 Å². The van der Waals surface area contributed by atoms with Gasteiger partial charge in [0, 0.05) is 85.3 Å². The number of amides is 7. The van der Waals surface area contributed by atoms with Gasteiger partial charge in [-0.05, 0) is 73.9 Å². The van der Waals surface area contributed by atoms with E-state index in [4.69, 9.17) is 24.7 Å². The Morgan fingerprint density at radius 3 is 2.18 bits per heavy atom. The fraction of sp³-hybridized carbons (Fsp3) is 0.538. The number of aromatic amines is 1. The zero-order valence-corrected chi connectivity index (χ0v) is 44.9. The lowest BCUT2D eigenvalue weighted by atomic mass is 10.0. The van der Waals surface area contributed by atoms with E-state index in [1.165, 1.54) is 0 Å². The average Bonchev–Trinajstić information content (AvgIpc) is 4.22. The lowest BCUT2D eigenvalue weighted by molar-refractivity contribution is -0.165. The van der Waals surface area contributed by atoms with Gasteiger partial charge in [-0.3, -0.25) is 38.4 Å². The number of nitrogens with zero attached hydrogens (tertiary/aromatic N) is 1. The smallest absolute Gasteiger partial charge is 0.426 e. The van der Waals surface area contributed by atoms with E-state index in [2.05, 4.69) is 37.1 Å². The highest BCUT2D eigenvalue weighted by molar-refractivity contribution is 8.15. The molecule has 0 radical (unpaired) electrons. The van der Waals surface area contributed by atoms with Crippen molar-refractivity contribution in [1.29, 1.82) is 0 Å². The summed E-state index contributed by atoms with van der Waals surface area (Å²) in [6.45, 7) is 4.53. The molecule has 0 aliphatic carbocycles. The van der Waals surface area contributed by atoms with Gasteiger partial charge in [-0.25, -0.2) is 15.8 Å². The molecule has 2 aromatic carbocycles. The SMILES string of the molecule is CCc1c[nH]c(CCOc2ccc(CC3SC(=O)N(C(=O)C[C@@H](NC(=O)c4ccc(C5(C(F)(F)F)NN5)cc4)C(=O)NCCCOCCOCCOCCCNC(=O)CCCC[C@@H]4SC[C@H](NC=O)[C@@H]4N)C3=O)cc2)cc1=O. The van der Waals surface area contributed by atoms with Crippen LogP contribution in [0.5, 0.6) is 5.75 Å². The van der Waals surface area contributed by atoms with Crippen LogP contribution in [-0.2, 0) is 63.1 Å². The number of hydrogen-bond donors (Lipinski definition) is 8. The number of hydrazine groups is 1. The number of aryl methyl sites for hydroxylation is 1. The highest BCUT2D eigenvalue weighted by atomic mass is 32.2. The van der Waals surface area contributed by atoms with E-state index < -0.39 is 58.4 Å². The Balaban J connectivity index is 0.880. The molecule has 9 N–H and O–H groups in total. The van der Waals surface area contributed by atoms with Crippen LogP contribution in [0.2, 0.25) is 0 Å². The number of carbonyl (C=O) groups is 7. The summed E-state index contributed by atoms with van der Waals surface area (Å²) in [7, 11) is 0. The third-order valence-electron chi connectivity index (χ3n) is 13.1. The Bertz CT molecular complexity index is 2560. The van der Waals surface area contributed by atoms with Gasteiger partial charge in [0.1, 0.15) is 11.8 Å². The number of benzene rings is 2. The second-order valence-electron chi connectivity index (χ2n) is 18.7. The van der Waals surface area contributed by atoms with Gasteiger partial charge in [0.05, 0.1) is 50.7 Å². The first-order valence-electron chi connectivity index (χ1n) is 25.9. The topological polar surface area (TPSA) is 311 Å². The number of H-pyrrole nitrogens is 1. The quantitative estimate of drug-likeness (QED) is 0.0242. The molecule has 21 nitrogen and oxygen atoms in total. The number of nitrogens with one attached hydrogen (secondary N) is 7. The molecule has 5 atom stereocenters. The number of alkyl halides is 3. The fourth-order valence-corrected chi connectivity index (χ4v) is 11.0. The number of hydrogen-bond acceptors (Lipinski definition) is 17. The first-order valence-corrected chi connectivity index (χ1v) is 27.8. The number of aromatic nitrogens is 1. The van der Waals surface area contributed by atoms with Gasteiger partial charge < -0.3 is 50.9 Å². The molecule has 3 aromatic rings. The molecule has 3 aliphatic rings. The molecule has 3 fully saturated rings. The monoisotopic (exact) mass is 1130 g/mol. The maximum atomic E-state index is 13.7. The molecule has 26 heteroatoms. The van der Waals surface area contributed by atoms with Crippen LogP contribution in [0.1, 0.15) is 84.6 Å². The summed E-state index contributed by atoms with van der Waals surface area (Å²) < 4.78 is 63.5. The minimum atomic E-state index is -4.69. The predicted octanol–water partition coefficient (Wildman–Crippen LogP) is 2.88. The number of imide groups is 3. The van der Waals surface area contributed by atoms with Crippen molar-refractivity contribution in [2.24, 2.45) is 5.73 Å². The zero-order chi connectivity index (χ0) is 56.1. The van der Waals surface area contributed by atoms with Crippen molar-refractivity contribution in [3.05, 3.63) is 99.0 Å². The Hall–Kier alpha value is -5.87. The lowest BCUT2D eigenvalue weighted by Crippen LogP contribution is -2.50. The Morgan fingerprint density at radius 1 is 0.885 bits per heavy atom. The predicted molar refractivity (Wildman–Crippen MR) is 284 cm³/mol. The summed E-state index contributed by atoms with van der Waals surface area (Å²) in [5.74, 6) is -2.26. The van der Waals surface area contributed by atoms with E-state index in [-0.39, 0.29) is 79.2 Å². The molecule has 0 saturated carbocycles. The van der Waals surface area contributed by atoms with Gasteiger partial charge in [0.15, 0.2) is 5.43 Å². The molecular formula is C52H68F3N9O12S2. The minimum Gasteiger partial charge on any atom is -0.493 e. The fourth-order valence-electron chi connectivity index (χ4n) is 8.50. The second-order valence-corrected chi connectivity index (χ2v) is 21.1. The van der Waals surface area contributed by atoms with Gasteiger partial charge in [-0.2, -0.15) is 24.9 Å². The van der Waals surface area contributed by atoms with Crippen molar-refractivity contribution in [3.8, 4) is 5.75 Å². The molecule has 7 amide bonds. The largest absolute Gasteiger partial charge is 0.493 e. The second kappa shape index (κ2) is 30.5. The normalized spacial score (nSPS) is 19.1. The van der Waals surface area contributed by atoms with Crippen molar-refractivity contribution >= 4 is 64.7 Å². The van der Waals surface area contributed by atoms with Crippen LogP contribution in [0.15, 0.2) is 65.6 Å². The molecule has 6 rings (SSSR count). The maximum Gasteiger partial charge on any atom is 0.426 e. The Kier molecular flexibility index (Phi) is 24.0. The number of nitrogens with two attached hydrogens (primary N) is 1. The van der Waals surface area contributed by atoms with E-state index in [0.717, 1.165) is 55.0 Å². The maximum absolute atomic E-state index is 13.7. The van der Waals surface area contributed by atoms with Gasteiger partial charge in [-0.1, -0.05) is 49.4 Å². The first-order chi connectivity index (χ1) is 37.5. The standard InChI is InChI=1S/C52H68F3N9O12S2/c1-2-34-30-59-37(28-41(34)66)17-22-76-38-15-9-33(10-16-38)27-43-49(71)64(50(72)78-43)45(68)29-39(61-47(69)35-11-13-36(14-12-35)51(62-63-51)52(53,54)55)48(70)58-19-6-21-74-24-26-75-25-23-73-20-5-18-57-44(67)8-4-3-7-42-46(56)40(31-77-42)60-32-65/h9-16,28,30,32,39-40,42-43,46,62-63H,2-8,17-27,29,31,56H2,1H3,(H,57,67)(H,58,70)(H,59,66)(H,60,65)(H,61,69)/t39-,40+,42+,43?,46+/m1/s1. The first kappa shape index (κ1) is 61.3. The average molecular weight is 1130 g/mol. The molecule has 78 heavy (non-hydrogen) atoms. The van der Waals surface area contributed by atoms with Crippen LogP contribution in [0, 0.1) is 0 Å². The molecule has 0 bridgehead atoms. The van der Waals surface area contributed by atoms with E-state index in [0.29, 0.717) is 98.4 Å². The molecule has 4 heterocycles. The number of thioether (sulfide) groups is 2. The van der Waals surface area contributed by atoms with Crippen molar-refractivity contribution in [2.45, 2.75) is 112 Å². The van der Waals surface area contributed by atoms with Crippen molar-refractivity contribution in [3.63, 3.8) is 0 Å². The number of unbranched alkanes of at least 4 members (excludes halogenated alkanes) is 1.